The van der Waals surface area contributed by atoms with Crippen LogP contribution in [0.1, 0.15) is 37.5 Å². The zero-order chi connectivity index (χ0) is 13.9. The third-order valence-corrected chi connectivity index (χ3v) is 3.26. The van der Waals surface area contributed by atoms with Crippen LogP contribution in [-0.4, -0.2) is 19.0 Å². The number of rotatable bonds is 4. The first-order valence-corrected chi connectivity index (χ1v) is 6.37. The smallest absolute Gasteiger partial charge is 0.166 e. The van der Waals surface area contributed by atoms with Gasteiger partial charge in [0.1, 0.15) is 6.10 Å². The second-order valence-electron chi connectivity index (χ2n) is 6.04. The highest BCUT2D eigenvalue weighted by molar-refractivity contribution is 5.86. The van der Waals surface area contributed by atoms with E-state index < -0.39 is 0 Å². The minimum atomic E-state index is -0.348. The van der Waals surface area contributed by atoms with Gasteiger partial charge in [-0.2, -0.15) is 0 Å². The van der Waals surface area contributed by atoms with E-state index in [1.807, 2.05) is 26.8 Å². The minimum absolute atomic E-state index is 0.147. The molecular formula is C16H24O2. The highest BCUT2D eigenvalue weighted by Gasteiger charge is 2.30. The molecule has 0 amide bonds. The molecule has 0 N–H and O–H groups in total. The van der Waals surface area contributed by atoms with Crippen LogP contribution in [-0.2, 0) is 16.0 Å². The molecule has 18 heavy (non-hydrogen) atoms. The summed E-state index contributed by atoms with van der Waals surface area (Å²) in [6.07, 6.45) is 0.0933. The largest absolute Gasteiger partial charge is 0.373 e. The molecule has 0 spiro atoms. The van der Waals surface area contributed by atoms with Crippen molar-refractivity contribution < 1.29 is 9.53 Å². The number of carbonyl (C=O) groups is 1. The molecule has 1 aromatic carbocycles. The molecule has 2 heteroatoms. The summed E-state index contributed by atoms with van der Waals surface area (Å²) in [5.41, 5.74) is 3.38. The Morgan fingerprint density at radius 3 is 2.28 bits per heavy atom. The number of hydrogen-bond acceptors (Lipinski definition) is 2. The van der Waals surface area contributed by atoms with Crippen LogP contribution in [0.15, 0.2) is 18.2 Å². The number of Topliss-reactive ketones (excluding diaryl/α,β-unsaturated/α-hetero) is 1. The van der Waals surface area contributed by atoms with Gasteiger partial charge in [0.25, 0.3) is 0 Å². The quantitative estimate of drug-likeness (QED) is 0.815. The van der Waals surface area contributed by atoms with Crippen molar-refractivity contribution in [3.8, 4) is 0 Å². The fraction of sp³-hybridized carbons (Fsp3) is 0.562. The molecule has 1 aromatic rings. The molecule has 1 unspecified atom stereocenters. The van der Waals surface area contributed by atoms with Crippen LogP contribution >= 0.6 is 0 Å². The molecule has 0 saturated carbocycles. The van der Waals surface area contributed by atoms with Gasteiger partial charge in [-0.3, -0.25) is 4.79 Å². The number of benzene rings is 1. The Morgan fingerprint density at radius 2 is 1.83 bits per heavy atom. The van der Waals surface area contributed by atoms with Crippen molar-refractivity contribution in [1.82, 2.24) is 0 Å². The van der Waals surface area contributed by atoms with E-state index in [1.165, 1.54) is 11.1 Å². The van der Waals surface area contributed by atoms with E-state index >= 15 is 0 Å². The Balaban J connectivity index is 2.83. The summed E-state index contributed by atoms with van der Waals surface area (Å²) in [7, 11) is 1.61. The van der Waals surface area contributed by atoms with Gasteiger partial charge in [-0.25, -0.2) is 0 Å². The average Bonchev–Trinajstić information content (AvgIpc) is 2.22. The Hall–Kier alpha value is -1.15. The van der Waals surface area contributed by atoms with Crippen molar-refractivity contribution >= 4 is 5.78 Å². The fourth-order valence-electron chi connectivity index (χ4n) is 2.18. The first-order valence-electron chi connectivity index (χ1n) is 6.37. The van der Waals surface area contributed by atoms with Gasteiger partial charge >= 0.3 is 0 Å². The Morgan fingerprint density at radius 1 is 1.22 bits per heavy atom. The van der Waals surface area contributed by atoms with E-state index in [2.05, 4.69) is 26.0 Å². The van der Waals surface area contributed by atoms with Gasteiger partial charge in [-0.05, 0) is 36.0 Å². The molecule has 0 bridgehead atoms. The van der Waals surface area contributed by atoms with Crippen molar-refractivity contribution in [1.29, 1.82) is 0 Å². The average molecular weight is 248 g/mol. The van der Waals surface area contributed by atoms with Crippen molar-refractivity contribution in [2.24, 2.45) is 5.41 Å². The summed E-state index contributed by atoms with van der Waals surface area (Å²) >= 11 is 0. The first-order chi connectivity index (χ1) is 8.25. The van der Waals surface area contributed by atoms with Crippen LogP contribution in [0.2, 0.25) is 0 Å². The van der Waals surface area contributed by atoms with Crippen LogP contribution < -0.4 is 0 Å². The summed E-state index contributed by atoms with van der Waals surface area (Å²) in [4.78, 5) is 12.3. The molecule has 0 aromatic heterocycles. The highest BCUT2D eigenvalue weighted by Crippen LogP contribution is 2.24. The normalized spacial score (nSPS) is 13.4. The predicted octanol–water partition coefficient (Wildman–Crippen LogP) is 3.48. The molecule has 0 aliphatic rings. The summed E-state index contributed by atoms with van der Waals surface area (Å²) in [5.74, 6) is 0.147. The number of carbonyl (C=O) groups excluding carboxylic acids is 1. The third kappa shape index (κ3) is 3.67. The topological polar surface area (TPSA) is 26.3 Å². The lowest BCUT2D eigenvalue weighted by Crippen LogP contribution is -2.37. The van der Waals surface area contributed by atoms with Crippen LogP contribution in [0.3, 0.4) is 0 Å². The molecule has 1 rings (SSSR count). The molecule has 0 heterocycles. The monoisotopic (exact) mass is 248 g/mol. The van der Waals surface area contributed by atoms with E-state index in [0.717, 1.165) is 5.56 Å². The van der Waals surface area contributed by atoms with Crippen LogP contribution in [0.25, 0.3) is 0 Å². The standard InChI is InChI=1S/C16H24O2/c1-11-7-8-13(9-12(11)2)10-14(17)15(18-6)16(3,4)5/h7-9,15H,10H2,1-6H3. The number of methoxy groups -OCH3 is 1. The Kier molecular flexibility index (Phi) is 4.69. The van der Waals surface area contributed by atoms with Crippen molar-refractivity contribution in [2.75, 3.05) is 7.11 Å². The number of ether oxygens (including phenoxy) is 1. The highest BCUT2D eigenvalue weighted by atomic mass is 16.5. The first kappa shape index (κ1) is 14.9. The lowest BCUT2D eigenvalue weighted by molar-refractivity contribution is -0.134. The molecule has 2 nitrogen and oxygen atoms in total. The van der Waals surface area contributed by atoms with Crippen LogP contribution in [0.4, 0.5) is 0 Å². The molecule has 0 fully saturated rings. The van der Waals surface area contributed by atoms with Gasteiger partial charge in [0.2, 0.25) is 0 Å². The lowest BCUT2D eigenvalue weighted by atomic mass is 9.84. The lowest BCUT2D eigenvalue weighted by Gasteiger charge is -2.28. The molecule has 100 valence electrons. The van der Waals surface area contributed by atoms with Gasteiger partial charge in [0.05, 0.1) is 0 Å². The van der Waals surface area contributed by atoms with Gasteiger partial charge in [0, 0.05) is 13.5 Å². The van der Waals surface area contributed by atoms with E-state index in [-0.39, 0.29) is 17.3 Å². The predicted molar refractivity (Wildman–Crippen MR) is 74.9 cm³/mol. The number of ketones is 1. The van der Waals surface area contributed by atoms with Gasteiger partial charge in [-0.15, -0.1) is 0 Å². The molecule has 0 radical (unpaired) electrons. The van der Waals surface area contributed by atoms with E-state index in [1.54, 1.807) is 7.11 Å². The van der Waals surface area contributed by atoms with Crippen molar-refractivity contribution in [2.45, 2.75) is 47.1 Å². The van der Waals surface area contributed by atoms with Gasteiger partial charge in [0.15, 0.2) is 5.78 Å². The second kappa shape index (κ2) is 5.66. The summed E-state index contributed by atoms with van der Waals surface area (Å²) < 4.78 is 5.35. The van der Waals surface area contributed by atoms with Crippen molar-refractivity contribution in [3.63, 3.8) is 0 Å². The summed E-state index contributed by atoms with van der Waals surface area (Å²) in [6.45, 7) is 10.2. The maximum Gasteiger partial charge on any atom is 0.166 e. The summed E-state index contributed by atoms with van der Waals surface area (Å²) in [5, 5.41) is 0. The van der Waals surface area contributed by atoms with E-state index in [4.69, 9.17) is 4.74 Å². The third-order valence-electron chi connectivity index (χ3n) is 3.26. The van der Waals surface area contributed by atoms with Gasteiger partial charge in [-0.1, -0.05) is 39.0 Å². The van der Waals surface area contributed by atoms with Gasteiger partial charge < -0.3 is 4.74 Å². The summed E-state index contributed by atoms with van der Waals surface area (Å²) in [6, 6.07) is 6.18. The van der Waals surface area contributed by atoms with Crippen LogP contribution in [0.5, 0.6) is 0 Å². The van der Waals surface area contributed by atoms with E-state index in [9.17, 15) is 4.79 Å². The molecule has 0 aliphatic carbocycles. The molecule has 1 atom stereocenters. The Labute approximate surface area is 110 Å². The fourth-order valence-corrected chi connectivity index (χ4v) is 2.18. The number of hydrogen-bond donors (Lipinski definition) is 0. The number of aryl methyl sites for hydroxylation is 2. The SMILES string of the molecule is COC(C(=O)Cc1ccc(C)c(C)c1)C(C)(C)C. The van der Waals surface area contributed by atoms with E-state index in [0.29, 0.717) is 6.42 Å². The molecular weight excluding hydrogens is 224 g/mol. The van der Waals surface area contributed by atoms with Crippen molar-refractivity contribution in [3.05, 3.63) is 34.9 Å². The Bertz CT molecular complexity index is 427. The zero-order valence-corrected chi connectivity index (χ0v) is 12.3. The maximum absolute atomic E-state index is 12.3. The maximum atomic E-state index is 12.3. The van der Waals surface area contributed by atoms with Crippen LogP contribution in [0, 0.1) is 19.3 Å². The minimum Gasteiger partial charge on any atom is -0.373 e. The zero-order valence-electron chi connectivity index (χ0n) is 12.3. The molecule has 0 aliphatic heterocycles. The molecule has 0 saturated heterocycles. The second-order valence-corrected chi connectivity index (χ2v) is 6.04.